The monoisotopic (exact) mass is 217 g/mol. The molecule has 0 atom stereocenters. The molecular weight excluding hydrogens is 194 g/mol. The molecule has 1 aromatic rings. The maximum Gasteiger partial charge on any atom is 0.0404 e. The highest BCUT2D eigenvalue weighted by atomic mass is 15.2. The highest BCUT2D eigenvalue weighted by Gasteiger charge is 2.28. The Morgan fingerprint density at radius 1 is 1.19 bits per heavy atom. The van der Waals surface area contributed by atoms with E-state index in [0.29, 0.717) is 5.92 Å². The third-order valence-corrected chi connectivity index (χ3v) is 3.48. The van der Waals surface area contributed by atoms with Gasteiger partial charge in [-0.1, -0.05) is 26.0 Å². The lowest BCUT2D eigenvalue weighted by molar-refractivity contribution is 0.518. The Bertz CT molecular complexity index is 385. The zero-order valence-corrected chi connectivity index (χ0v) is 11.2. The van der Waals surface area contributed by atoms with Crippen LogP contribution in [0.25, 0.3) is 0 Å². The van der Waals surface area contributed by atoms with Crippen molar-refractivity contribution in [3.8, 4) is 0 Å². The van der Waals surface area contributed by atoms with E-state index in [4.69, 9.17) is 0 Å². The van der Waals surface area contributed by atoms with Crippen molar-refractivity contribution in [2.24, 2.45) is 0 Å². The van der Waals surface area contributed by atoms with Gasteiger partial charge in [-0.05, 0) is 50.3 Å². The number of anilines is 1. The molecule has 1 heteroatoms. The summed E-state index contributed by atoms with van der Waals surface area (Å²) in [4.78, 5) is 2.52. The molecule has 0 amide bonds. The second-order valence-electron chi connectivity index (χ2n) is 6.12. The fourth-order valence-corrected chi connectivity index (χ4v) is 2.48. The van der Waals surface area contributed by atoms with Gasteiger partial charge in [0.05, 0.1) is 0 Å². The maximum atomic E-state index is 2.52. The number of hydrogen-bond acceptors (Lipinski definition) is 1. The van der Waals surface area contributed by atoms with Crippen molar-refractivity contribution < 1.29 is 0 Å². The van der Waals surface area contributed by atoms with Crippen LogP contribution >= 0.6 is 0 Å². The van der Waals surface area contributed by atoms with Gasteiger partial charge in [-0.2, -0.15) is 0 Å². The lowest BCUT2D eigenvalue weighted by Gasteiger charge is -2.34. The summed E-state index contributed by atoms with van der Waals surface area (Å²) >= 11 is 0. The van der Waals surface area contributed by atoms with E-state index < -0.39 is 0 Å². The first-order chi connectivity index (χ1) is 7.39. The summed E-state index contributed by atoms with van der Waals surface area (Å²) in [5.74, 6) is 0.633. The quantitative estimate of drug-likeness (QED) is 0.688. The maximum absolute atomic E-state index is 2.52. The lowest BCUT2D eigenvalue weighted by Crippen LogP contribution is -2.40. The van der Waals surface area contributed by atoms with Gasteiger partial charge < -0.3 is 4.90 Å². The summed E-state index contributed by atoms with van der Waals surface area (Å²) < 4.78 is 0. The van der Waals surface area contributed by atoms with E-state index in [1.165, 1.54) is 29.8 Å². The molecule has 2 rings (SSSR count). The molecule has 1 aliphatic rings. The molecule has 1 nitrogen and oxygen atoms in total. The first-order valence-corrected chi connectivity index (χ1v) is 6.30. The molecule has 0 bridgehead atoms. The molecule has 0 spiro atoms. The van der Waals surface area contributed by atoms with Gasteiger partial charge in [-0.15, -0.1) is 0 Å². The minimum Gasteiger partial charge on any atom is -0.366 e. The SMILES string of the molecule is CC(C)c1ccc2c(c1)CCN2C(C)(C)C. The van der Waals surface area contributed by atoms with Crippen LogP contribution in [0.4, 0.5) is 5.69 Å². The number of rotatable bonds is 1. The summed E-state index contributed by atoms with van der Waals surface area (Å²) in [6, 6.07) is 6.99. The van der Waals surface area contributed by atoms with Crippen LogP contribution in [0.3, 0.4) is 0 Å². The molecule has 1 aliphatic heterocycles. The summed E-state index contributed by atoms with van der Waals surface area (Å²) in [5, 5.41) is 0. The average molecular weight is 217 g/mol. The fraction of sp³-hybridized carbons (Fsp3) is 0.600. The summed E-state index contributed by atoms with van der Waals surface area (Å²) in [7, 11) is 0. The second kappa shape index (κ2) is 3.80. The van der Waals surface area contributed by atoms with Crippen LogP contribution in [0.5, 0.6) is 0 Å². The zero-order chi connectivity index (χ0) is 11.9. The van der Waals surface area contributed by atoms with Crippen molar-refractivity contribution in [1.82, 2.24) is 0 Å². The molecule has 0 aromatic heterocycles. The van der Waals surface area contributed by atoms with E-state index in [1.807, 2.05) is 0 Å². The molecule has 0 fully saturated rings. The van der Waals surface area contributed by atoms with Gasteiger partial charge in [0.2, 0.25) is 0 Å². The summed E-state index contributed by atoms with van der Waals surface area (Å²) in [6.45, 7) is 12.6. The summed E-state index contributed by atoms with van der Waals surface area (Å²) in [6.07, 6.45) is 1.20. The third kappa shape index (κ3) is 1.95. The first kappa shape index (κ1) is 11.5. The zero-order valence-electron chi connectivity index (χ0n) is 11.2. The molecule has 1 aromatic carbocycles. The molecule has 0 radical (unpaired) electrons. The van der Waals surface area contributed by atoms with E-state index >= 15 is 0 Å². The van der Waals surface area contributed by atoms with Gasteiger partial charge in [0, 0.05) is 17.8 Å². The molecule has 0 N–H and O–H groups in total. The topological polar surface area (TPSA) is 3.24 Å². The van der Waals surface area contributed by atoms with Crippen LogP contribution in [0.15, 0.2) is 18.2 Å². The molecule has 88 valence electrons. The Balaban J connectivity index is 2.36. The van der Waals surface area contributed by atoms with Crippen molar-refractivity contribution >= 4 is 5.69 Å². The summed E-state index contributed by atoms with van der Waals surface area (Å²) in [5.41, 5.74) is 4.68. The highest BCUT2D eigenvalue weighted by Crippen LogP contribution is 2.35. The van der Waals surface area contributed by atoms with Crippen LogP contribution in [-0.4, -0.2) is 12.1 Å². The van der Waals surface area contributed by atoms with Gasteiger partial charge >= 0.3 is 0 Å². The lowest BCUT2D eigenvalue weighted by atomic mass is 9.99. The van der Waals surface area contributed by atoms with Crippen LogP contribution in [0.2, 0.25) is 0 Å². The normalized spacial score (nSPS) is 15.8. The van der Waals surface area contributed by atoms with E-state index in [-0.39, 0.29) is 5.54 Å². The number of nitrogens with zero attached hydrogens (tertiary/aromatic N) is 1. The Morgan fingerprint density at radius 2 is 1.88 bits per heavy atom. The molecule has 1 heterocycles. The second-order valence-corrected chi connectivity index (χ2v) is 6.12. The smallest absolute Gasteiger partial charge is 0.0404 e. The van der Waals surface area contributed by atoms with Crippen LogP contribution < -0.4 is 4.90 Å². The van der Waals surface area contributed by atoms with Crippen molar-refractivity contribution in [2.75, 3.05) is 11.4 Å². The van der Waals surface area contributed by atoms with Crippen molar-refractivity contribution in [3.05, 3.63) is 29.3 Å². The van der Waals surface area contributed by atoms with E-state index in [2.05, 4.69) is 57.7 Å². The van der Waals surface area contributed by atoms with Gasteiger partial charge in [0.25, 0.3) is 0 Å². The predicted octanol–water partition coefficient (Wildman–Crippen LogP) is 3.97. The third-order valence-electron chi connectivity index (χ3n) is 3.48. The molecular formula is C15H23N. The van der Waals surface area contributed by atoms with E-state index in [1.54, 1.807) is 0 Å². The van der Waals surface area contributed by atoms with Crippen LogP contribution in [0.1, 0.15) is 51.7 Å². The molecule has 0 unspecified atom stereocenters. The highest BCUT2D eigenvalue weighted by molar-refractivity contribution is 5.60. The molecule has 0 saturated heterocycles. The number of benzene rings is 1. The first-order valence-electron chi connectivity index (χ1n) is 6.30. The van der Waals surface area contributed by atoms with Gasteiger partial charge in [0.15, 0.2) is 0 Å². The fourth-order valence-electron chi connectivity index (χ4n) is 2.48. The Hall–Kier alpha value is -0.980. The molecule has 16 heavy (non-hydrogen) atoms. The van der Waals surface area contributed by atoms with Gasteiger partial charge in [0.1, 0.15) is 0 Å². The largest absolute Gasteiger partial charge is 0.366 e. The number of hydrogen-bond donors (Lipinski definition) is 0. The number of fused-ring (bicyclic) bond motifs is 1. The van der Waals surface area contributed by atoms with Crippen LogP contribution in [0, 0.1) is 0 Å². The van der Waals surface area contributed by atoms with E-state index in [0.717, 1.165) is 0 Å². The standard InChI is InChI=1S/C15H23N/c1-11(2)12-6-7-14-13(10-12)8-9-16(14)15(3,4)5/h6-7,10-11H,8-9H2,1-5H3. The predicted molar refractivity (Wildman–Crippen MR) is 71.3 cm³/mol. The Morgan fingerprint density at radius 3 is 2.44 bits per heavy atom. The van der Waals surface area contributed by atoms with Crippen molar-refractivity contribution in [1.29, 1.82) is 0 Å². The minimum atomic E-state index is 0.241. The Kier molecular flexibility index (Phi) is 2.73. The molecule has 0 aliphatic carbocycles. The van der Waals surface area contributed by atoms with Gasteiger partial charge in [-0.3, -0.25) is 0 Å². The molecule has 0 saturated carbocycles. The van der Waals surface area contributed by atoms with Crippen molar-refractivity contribution in [3.63, 3.8) is 0 Å². The Labute approximate surface area is 99.5 Å². The van der Waals surface area contributed by atoms with Crippen molar-refractivity contribution in [2.45, 2.75) is 52.5 Å². The van der Waals surface area contributed by atoms with E-state index in [9.17, 15) is 0 Å². The average Bonchev–Trinajstić information content (AvgIpc) is 2.58. The minimum absolute atomic E-state index is 0.241. The van der Waals surface area contributed by atoms with Gasteiger partial charge in [-0.25, -0.2) is 0 Å². The van der Waals surface area contributed by atoms with Crippen LogP contribution in [-0.2, 0) is 6.42 Å².